The molecule has 0 aromatic heterocycles. The van der Waals surface area contributed by atoms with E-state index in [0.717, 1.165) is 5.56 Å². The van der Waals surface area contributed by atoms with Gasteiger partial charge in [0.25, 0.3) is 0 Å². The van der Waals surface area contributed by atoms with Crippen LogP contribution in [0.2, 0.25) is 0 Å². The van der Waals surface area contributed by atoms with Gasteiger partial charge in [-0.25, -0.2) is 8.42 Å². The molecule has 1 atom stereocenters. The number of rotatable bonds is 6. The molecule has 4 heteroatoms. The number of sulfone groups is 1. The third kappa shape index (κ3) is 5.65. The fourth-order valence-electron chi connectivity index (χ4n) is 1.89. The van der Waals surface area contributed by atoms with Gasteiger partial charge in [0.05, 0.1) is 6.10 Å². The summed E-state index contributed by atoms with van der Waals surface area (Å²) in [7, 11) is -2.92. The van der Waals surface area contributed by atoms with Crippen molar-refractivity contribution in [2.24, 2.45) is 0 Å². The zero-order chi connectivity index (χ0) is 13.8. The maximum Gasteiger partial charge on any atom is 0.147 e. The summed E-state index contributed by atoms with van der Waals surface area (Å²) in [6, 6.07) is 6.14. The van der Waals surface area contributed by atoms with Gasteiger partial charge in [0.15, 0.2) is 0 Å². The van der Waals surface area contributed by atoms with Gasteiger partial charge < -0.3 is 5.11 Å². The van der Waals surface area contributed by atoms with Crippen molar-refractivity contribution < 1.29 is 13.5 Å². The summed E-state index contributed by atoms with van der Waals surface area (Å²) in [6.45, 7) is 4.11. The average molecular weight is 270 g/mol. The van der Waals surface area contributed by atoms with E-state index in [4.69, 9.17) is 0 Å². The molecule has 102 valence electrons. The first-order valence-electron chi connectivity index (χ1n) is 6.20. The third-order valence-electron chi connectivity index (χ3n) is 3.10. The van der Waals surface area contributed by atoms with Gasteiger partial charge in [-0.1, -0.05) is 18.2 Å². The van der Waals surface area contributed by atoms with Crippen LogP contribution in [0, 0.1) is 13.8 Å². The van der Waals surface area contributed by atoms with Crippen molar-refractivity contribution in [3.63, 3.8) is 0 Å². The number of aliphatic hydroxyl groups excluding tert-OH is 1. The Morgan fingerprint density at radius 1 is 1.22 bits per heavy atom. The number of aliphatic hydroxyl groups is 1. The van der Waals surface area contributed by atoms with Crippen LogP contribution in [0.3, 0.4) is 0 Å². The van der Waals surface area contributed by atoms with Gasteiger partial charge in [-0.05, 0) is 49.8 Å². The fraction of sp³-hybridized carbons (Fsp3) is 0.571. The Balaban J connectivity index is 2.44. The predicted molar refractivity (Wildman–Crippen MR) is 74.6 cm³/mol. The molecule has 1 aromatic carbocycles. The molecule has 18 heavy (non-hydrogen) atoms. The van der Waals surface area contributed by atoms with Crippen LogP contribution in [0.15, 0.2) is 18.2 Å². The normalized spacial score (nSPS) is 13.6. The van der Waals surface area contributed by atoms with Crippen molar-refractivity contribution in [2.75, 3.05) is 12.0 Å². The monoisotopic (exact) mass is 270 g/mol. The third-order valence-corrected chi connectivity index (χ3v) is 4.13. The van der Waals surface area contributed by atoms with E-state index in [1.165, 1.54) is 17.4 Å². The highest BCUT2D eigenvalue weighted by Gasteiger charge is 2.09. The van der Waals surface area contributed by atoms with E-state index in [0.29, 0.717) is 19.3 Å². The molecule has 3 nitrogen and oxygen atoms in total. The van der Waals surface area contributed by atoms with Gasteiger partial charge in [-0.2, -0.15) is 0 Å². The van der Waals surface area contributed by atoms with Crippen LogP contribution in [0.1, 0.15) is 29.5 Å². The van der Waals surface area contributed by atoms with Gasteiger partial charge in [-0.3, -0.25) is 0 Å². The molecule has 0 aliphatic rings. The Labute approximate surface area is 110 Å². The van der Waals surface area contributed by atoms with Gasteiger partial charge in [0.1, 0.15) is 9.84 Å². The average Bonchev–Trinajstić information content (AvgIpc) is 2.21. The molecule has 0 aliphatic heterocycles. The highest BCUT2D eigenvalue weighted by atomic mass is 32.2. The molecular formula is C14H22O3S. The number of hydrogen-bond acceptors (Lipinski definition) is 3. The maximum atomic E-state index is 11.0. The highest BCUT2D eigenvalue weighted by Crippen LogP contribution is 2.13. The lowest BCUT2D eigenvalue weighted by Crippen LogP contribution is -2.13. The van der Waals surface area contributed by atoms with Crippen molar-refractivity contribution >= 4 is 9.84 Å². The lowest BCUT2D eigenvalue weighted by molar-refractivity contribution is 0.164. The number of hydrogen-bond donors (Lipinski definition) is 1. The predicted octanol–water partition coefficient (Wildman–Crippen LogP) is 2.03. The summed E-state index contributed by atoms with van der Waals surface area (Å²) in [6.07, 6.45) is 2.40. The fourth-order valence-corrected chi connectivity index (χ4v) is 2.58. The van der Waals surface area contributed by atoms with Crippen molar-refractivity contribution in [1.82, 2.24) is 0 Å². The molecule has 0 bridgehead atoms. The van der Waals surface area contributed by atoms with Crippen molar-refractivity contribution in [1.29, 1.82) is 0 Å². The van der Waals surface area contributed by atoms with E-state index in [-0.39, 0.29) is 5.75 Å². The summed E-state index contributed by atoms with van der Waals surface area (Å²) in [4.78, 5) is 0. The molecule has 0 spiro atoms. The van der Waals surface area contributed by atoms with E-state index >= 15 is 0 Å². The summed E-state index contributed by atoms with van der Waals surface area (Å²) < 4.78 is 21.9. The SMILES string of the molecule is Cc1ccc(CC(O)CCCS(C)(=O)=O)cc1C. The summed E-state index contributed by atoms with van der Waals surface area (Å²) in [5.41, 5.74) is 3.56. The maximum absolute atomic E-state index is 11.0. The van der Waals surface area contributed by atoms with Crippen LogP contribution in [0.4, 0.5) is 0 Å². The van der Waals surface area contributed by atoms with Gasteiger partial charge in [-0.15, -0.1) is 0 Å². The molecular weight excluding hydrogens is 248 g/mol. The summed E-state index contributed by atoms with van der Waals surface area (Å²) in [5, 5.41) is 9.86. The van der Waals surface area contributed by atoms with Crippen LogP contribution in [-0.2, 0) is 16.3 Å². The molecule has 1 N–H and O–H groups in total. The summed E-state index contributed by atoms with van der Waals surface area (Å²) in [5.74, 6) is 0.150. The Morgan fingerprint density at radius 2 is 1.89 bits per heavy atom. The lowest BCUT2D eigenvalue weighted by Gasteiger charge is -2.11. The zero-order valence-electron chi connectivity index (χ0n) is 11.3. The van der Waals surface area contributed by atoms with E-state index in [1.54, 1.807) is 0 Å². The first-order chi connectivity index (χ1) is 8.28. The molecule has 1 aromatic rings. The molecule has 0 fully saturated rings. The van der Waals surface area contributed by atoms with E-state index in [1.807, 2.05) is 12.1 Å². The second kappa shape index (κ2) is 6.34. The molecule has 1 unspecified atom stereocenters. The van der Waals surface area contributed by atoms with Crippen LogP contribution in [0.25, 0.3) is 0 Å². The first-order valence-corrected chi connectivity index (χ1v) is 8.26. The molecule has 0 saturated heterocycles. The van der Waals surface area contributed by atoms with E-state index in [9.17, 15) is 13.5 Å². The second-order valence-corrected chi connectivity index (χ2v) is 7.31. The van der Waals surface area contributed by atoms with Gasteiger partial charge in [0, 0.05) is 12.0 Å². The highest BCUT2D eigenvalue weighted by molar-refractivity contribution is 7.90. The second-order valence-electron chi connectivity index (χ2n) is 5.05. The molecule has 0 heterocycles. The van der Waals surface area contributed by atoms with E-state index < -0.39 is 15.9 Å². The lowest BCUT2D eigenvalue weighted by atomic mass is 10.0. The zero-order valence-corrected chi connectivity index (χ0v) is 12.1. The minimum absolute atomic E-state index is 0.150. The molecule has 0 amide bonds. The molecule has 1 rings (SSSR count). The Morgan fingerprint density at radius 3 is 2.44 bits per heavy atom. The Hall–Kier alpha value is -0.870. The standard InChI is InChI=1S/C14H22O3S/c1-11-6-7-13(9-12(11)2)10-14(15)5-4-8-18(3,16)17/h6-7,9,14-15H,4-5,8,10H2,1-3H3. The van der Waals surface area contributed by atoms with Crippen molar-refractivity contribution in [3.8, 4) is 0 Å². The van der Waals surface area contributed by atoms with Crippen molar-refractivity contribution in [3.05, 3.63) is 34.9 Å². The largest absolute Gasteiger partial charge is 0.393 e. The minimum Gasteiger partial charge on any atom is -0.393 e. The van der Waals surface area contributed by atoms with Gasteiger partial charge >= 0.3 is 0 Å². The van der Waals surface area contributed by atoms with Crippen LogP contribution in [0.5, 0.6) is 0 Å². The van der Waals surface area contributed by atoms with Crippen molar-refractivity contribution in [2.45, 2.75) is 39.2 Å². The molecule has 0 radical (unpaired) electrons. The van der Waals surface area contributed by atoms with E-state index in [2.05, 4.69) is 19.9 Å². The minimum atomic E-state index is -2.92. The number of benzene rings is 1. The van der Waals surface area contributed by atoms with Crippen LogP contribution in [-0.4, -0.2) is 31.6 Å². The first kappa shape index (κ1) is 15.2. The van der Waals surface area contributed by atoms with Crippen LogP contribution >= 0.6 is 0 Å². The van der Waals surface area contributed by atoms with Gasteiger partial charge in [0.2, 0.25) is 0 Å². The molecule has 0 aliphatic carbocycles. The molecule has 0 saturated carbocycles. The smallest absolute Gasteiger partial charge is 0.147 e. The topological polar surface area (TPSA) is 54.4 Å². The van der Waals surface area contributed by atoms with Crippen LogP contribution < -0.4 is 0 Å². The Kier molecular flexibility index (Phi) is 5.35. The quantitative estimate of drug-likeness (QED) is 0.860. The number of aryl methyl sites for hydroxylation is 2. The summed E-state index contributed by atoms with van der Waals surface area (Å²) >= 11 is 0. The Bertz CT molecular complexity index is 492.